The van der Waals surface area contributed by atoms with Crippen molar-refractivity contribution in [3.8, 4) is 79.0 Å². The molecule has 15 aromatic rings. The number of anilines is 3. The van der Waals surface area contributed by atoms with E-state index in [4.69, 9.17) is 14.2 Å². The van der Waals surface area contributed by atoms with Crippen LogP contribution in [0.25, 0.3) is 56.7 Å². The number of hydrogen-bond acceptors (Lipinski definition) is 4. The maximum Gasteiger partial charge on any atom is 0.132 e. The zero-order valence-corrected chi connectivity index (χ0v) is 55.9. The molecule has 4 nitrogen and oxygen atoms in total. The number of nitrogens with zero attached hydrogens (tertiary/aromatic N) is 1. The standard InChI is InChI=1S/C97H63F2NO3/c1-3-62-28-47-75(48-29-62)101-77-51-37-68(38-52-77)95(66-33-41-70(98)42-34-66)85-21-8-5-18-79(85)83-56-45-73(60-91(83)95)100(72-17-15-16-64(58-72)65-32-55-82-81-20-7-10-23-87(81)97(90(82)59-65)88-24-11-13-26-93(88)103-94-27-14-12-25-89(94)97)74-46-57-84-80-19-6-9-22-86(80)96(92(84)61-74,67-35-43-71(99)44-36-67)69-39-53-78(54-40-69)102-76-49-30-63(4-2)31-50-76/h3-61H,1-2H2. The van der Waals surface area contributed by atoms with Gasteiger partial charge in [0.2, 0.25) is 0 Å². The first-order valence-corrected chi connectivity index (χ1v) is 34.8. The first kappa shape index (κ1) is 61.0. The lowest BCUT2D eigenvalue weighted by molar-refractivity contribution is 0.436. The molecule has 0 fully saturated rings. The molecule has 19 rings (SSSR count). The van der Waals surface area contributed by atoms with Gasteiger partial charge in [-0.05, 0) is 239 Å². The molecular weight excluding hydrogens is 1270 g/mol. The van der Waals surface area contributed by atoms with E-state index < -0.39 is 16.2 Å². The van der Waals surface area contributed by atoms with Crippen LogP contribution in [0.3, 0.4) is 0 Å². The minimum absolute atomic E-state index is 0.323. The molecule has 0 saturated carbocycles. The normalized spacial score (nSPS) is 15.6. The summed E-state index contributed by atoms with van der Waals surface area (Å²) in [5, 5.41) is 0. The zero-order chi connectivity index (χ0) is 69.0. The molecule has 3 aliphatic carbocycles. The molecule has 1 heterocycles. The van der Waals surface area contributed by atoms with Crippen LogP contribution in [0, 0.1) is 11.6 Å². The lowest BCUT2D eigenvalue weighted by Gasteiger charge is -2.39. The smallest absolute Gasteiger partial charge is 0.132 e. The largest absolute Gasteiger partial charge is 0.457 e. The molecule has 2 atom stereocenters. The van der Waals surface area contributed by atoms with Crippen LogP contribution < -0.4 is 19.1 Å². The molecule has 2 unspecified atom stereocenters. The van der Waals surface area contributed by atoms with Gasteiger partial charge >= 0.3 is 0 Å². The third-order valence-electron chi connectivity index (χ3n) is 21.7. The molecule has 4 aliphatic rings. The fourth-order valence-electron chi connectivity index (χ4n) is 17.3. The highest BCUT2D eigenvalue weighted by Crippen LogP contribution is 2.64. The van der Waals surface area contributed by atoms with Crippen LogP contribution in [-0.4, -0.2) is 0 Å². The van der Waals surface area contributed by atoms with Crippen molar-refractivity contribution in [2.75, 3.05) is 4.90 Å². The van der Waals surface area contributed by atoms with Crippen LogP contribution in [-0.2, 0) is 16.2 Å². The Kier molecular flexibility index (Phi) is 14.2. The summed E-state index contributed by atoms with van der Waals surface area (Å²) in [5.41, 5.74) is 23.4. The molecule has 103 heavy (non-hydrogen) atoms. The Morgan fingerprint density at radius 3 is 1.03 bits per heavy atom. The van der Waals surface area contributed by atoms with Crippen molar-refractivity contribution in [2.24, 2.45) is 0 Å². The lowest BCUT2D eigenvalue weighted by atomic mass is 9.66. The second-order valence-corrected chi connectivity index (χ2v) is 26.9. The summed E-state index contributed by atoms with van der Waals surface area (Å²) in [5.74, 6) is 3.79. The van der Waals surface area contributed by atoms with Gasteiger partial charge in [-0.1, -0.05) is 244 Å². The third kappa shape index (κ3) is 9.41. The summed E-state index contributed by atoms with van der Waals surface area (Å²) in [7, 11) is 0. The quantitative estimate of drug-likeness (QED) is 0.109. The summed E-state index contributed by atoms with van der Waals surface area (Å²) in [4.78, 5) is 2.39. The molecule has 0 aromatic heterocycles. The highest BCUT2D eigenvalue weighted by Gasteiger charge is 2.52. The average Bonchev–Trinajstić information content (AvgIpc) is 1.57. The number of benzene rings is 15. The fraction of sp³-hybridized carbons (Fsp3) is 0.0309. The van der Waals surface area contributed by atoms with Gasteiger partial charge in [0, 0.05) is 28.2 Å². The third-order valence-corrected chi connectivity index (χ3v) is 21.7. The minimum atomic E-state index is -0.950. The maximum absolute atomic E-state index is 15.6. The van der Waals surface area contributed by atoms with E-state index in [1.165, 1.54) is 22.3 Å². The van der Waals surface area contributed by atoms with Crippen LogP contribution in [0.2, 0.25) is 0 Å². The van der Waals surface area contributed by atoms with E-state index in [1.807, 2.05) is 109 Å². The van der Waals surface area contributed by atoms with Crippen LogP contribution in [0.4, 0.5) is 25.8 Å². The molecular formula is C97H63F2NO3. The Labute approximate surface area is 597 Å². The second kappa shape index (κ2) is 24.0. The predicted molar refractivity (Wildman–Crippen MR) is 412 cm³/mol. The van der Waals surface area contributed by atoms with Crippen molar-refractivity contribution in [3.63, 3.8) is 0 Å². The van der Waals surface area contributed by atoms with E-state index in [0.717, 1.165) is 129 Å². The Morgan fingerprint density at radius 2 is 0.602 bits per heavy atom. The van der Waals surface area contributed by atoms with Gasteiger partial charge in [-0.2, -0.15) is 0 Å². The molecule has 0 N–H and O–H groups in total. The Bertz CT molecular complexity index is 5610. The van der Waals surface area contributed by atoms with E-state index in [0.29, 0.717) is 23.0 Å². The Hall–Kier alpha value is -13.2. The van der Waals surface area contributed by atoms with Crippen LogP contribution in [0.15, 0.2) is 359 Å². The van der Waals surface area contributed by atoms with Crippen molar-refractivity contribution in [2.45, 2.75) is 16.2 Å². The molecule has 0 saturated heterocycles. The maximum atomic E-state index is 15.6. The first-order valence-electron chi connectivity index (χ1n) is 34.8. The molecule has 1 aliphatic heterocycles. The van der Waals surface area contributed by atoms with Crippen LogP contribution in [0.1, 0.15) is 77.9 Å². The van der Waals surface area contributed by atoms with Gasteiger partial charge in [-0.15, -0.1) is 0 Å². The SMILES string of the molecule is C=Cc1ccc(Oc2ccc(C3(c4ccc(F)cc4)c4ccccc4-c4ccc(N(c5cccc(-c6ccc7c(c6)C6(c8ccccc8Oc8ccccc86)c6ccccc6-7)c5)c5ccc6c(c5)C(c5ccc(F)cc5)(c5ccc(Oc7ccc(C=C)cc7)cc5)c5ccccc5-6)cc43)cc2)cc1. The first-order chi connectivity index (χ1) is 50.7. The Balaban J connectivity index is 0.830. The highest BCUT2D eigenvalue weighted by molar-refractivity contribution is 5.95. The fourth-order valence-corrected chi connectivity index (χ4v) is 17.3. The zero-order valence-electron chi connectivity index (χ0n) is 55.9. The van der Waals surface area contributed by atoms with Gasteiger partial charge in [0.1, 0.15) is 46.1 Å². The van der Waals surface area contributed by atoms with E-state index >= 15 is 8.78 Å². The predicted octanol–water partition coefficient (Wildman–Crippen LogP) is 25.2. The van der Waals surface area contributed by atoms with Gasteiger partial charge in [0.15, 0.2) is 0 Å². The van der Waals surface area contributed by atoms with Gasteiger partial charge in [0.25, 0.3) is 0 Å². The summed E-state index contributed by atoms with van der Waals surface area (Å²) in [6.45, 7) is 7.88. The van der Waals surface area contributed by atoms with Gasteiger partial charge in [0.05, 0.1) is 16.2 Å². The van der Waals surface area contributed by atoms with Crippen molar-refractivity contribution in [1.82, 2.24) is 0 Å². The van der Waals surface area contributed by atoms with Crippen LogP contribution in [0.5, 0.6) is 34.5 Å². The van der Waals surface area contributed by atoms with Crippen molar-refractivity contribution < 1.29 is 23.0 Å². The van der Waals surface area contributed by atoms with Crippen LogP contribution >= 0.6 is 0 Å². The molecule has 15 aromatic carbocycles. The van der Waals surface area contributed by atoms with E-state index in [1.54, 1.807) is 24.3 Å². The topological polar surface area (TPSA) is 30.9 Å². The summed E-state index contributed by atoms with van der Waals surface area (Å²) >= 11 is 0. The van der Waals surface area contributed by atoms with Crippen molar-refractivity contribution in [3.05, 3.63) is 448 Å². The van der Waals surface area contributed by atoms with Gasteiger partial charge in [-0.25, -0.2) is 8.78 Å². The van der Waals surface area contributed by atoms with Gasteiger partial charge in [-0.3, -0.25) is 0 Å². The van der Waals surface area contributed by atoms with E-state index in [9.17, 15) is 0 Å². The molecule has 488 valence electrons. The Morgan fingerprint density at radius 1 is 0.272 bits per heavy atom. The number of fused-ring (bicyclic) bond motifs is 15. The summed E-state index contributed by atoms with van der Waals surface area (Å²) < 4.78 is 50.9. The average molecular weight is 1330 g/mol. The number of ether oxygens (including phenoxy) is 3. The number of hydrogen-bond donors (Lipinski definition) is 0. The second-order valence-electron chi connectivity index (χ2n) is 26.9. The highest BCUT2D eigenvalue weighted by atomic mass is 19.1. The van der Waals surface area contributed by atoms with E-state index in [2.05, 4.69) is 243 Å². The lowest BCUT2D eigenvalue weighted by Crippen LogP contribution is -2.32. The van der Waals surface area contributed by atoms with Crippen molar-refractivity contribution in [1.29, 1.82) is 0 Å². The summed E-state index contributed by atoms with van der Waals surface area (Å²) in [6, 6.07) is 119. The molecule has 0 radical (unpaired) electrons. The number of para-hydroxylation sites is 2. The van der Waals surface area contributed by atoms with Gasteiger partial charge < -0.3 is 19.1 Å². The number of rotatable bonds is 14. The molecule has 1 spiro atoms. The minimum Gasteiger partial charge on any atom is -0.457 e. The van der Waals surface area contributed by atoms with Crippen molar-refractivity contribution >= 4 is 29.2 Å². The van der Waals surface area contributed by atoms with E-state index in [-0.39, 0.29) is 11.6 Å². The molecule has 0 amide bonds. The number of halogens is 2. The monoisotopic (exact) mass is 1330 g/mol. The summed E-state index contributed by atoms with van der Waals surface area (Å²) in [6.07, 6.45) is 3.63. The molecule has 0 bridgehead atoms. The molecule has 6 heteroatoms.